The topological polar surface area (TPSA) is 136 Å². The van der Waals surface area contributed by atoms with Crippen LogP contribution in [0.5, 0.6) is 0 Å². The van der Waals surface area contributed by atoms with E-state index in [-0.39, 0.29) is 17.7 Å². The standard InChI is InChI=1S/C13H15NO8S/c1-21-12(17)8-3-4-9(13(18)22-2)10(7-8)23(19,20)14-6-5-11(15)16/h3-4,7,14H,5-6H2,1-2H3,(H,15,16). The molecule has 0 aliphatic rings. The number of methoxy groups -OCH3 is 2. The molecule has 0 spiro atoms. The van der Waals surface area contributed by atoms with Gasteiger partial charge in [-0.25, -0.2) is 22.7 Å². The van der Waals surface area contributed by atoms with Crippen molar-refractivity contribution in [3.8, 4) is 0 Å². The normalized spacial score (nSPS) is 10.9. The summed E-state index contributed by atoms with van der Waals surface area (Å²) in [6, 6.07) is 3.29. The maximum Gasteiger partial charge on any atom is 0.339 e. The van der Waals surface area contributed by atoms with Crippen LogP contribution in [0.2, 0.25) is 0 Å². The van der Waals surface area contributed by atoms with Gasteiger partial charge < -0.3 is 14.6 Å². The van der Waals surface area contributed by atoms with Crippen LogP contribution in [0.15, 0.2) is 23.1 Å². The molecule has 1 rings (SSSR count). The number of rotatable bonds is 7. The lowest BCUT2D eigenvalue weighted by Gasteiger charge is -2.11. The highest BCUT2D eigenvalue weighted by Crippen LogP contribution is 2.19. The van der Waals surface area contributed by atoms with Crippen molar-refractivity contribution in [1.82, 2.24) is 4.72 Å². The summed E-state index contributed by atoms with van der Waals surface area (Å²) < 4.78 is 35.5. The summed E-state index contributed by atoms with van der Waals surface area (Å²) in [5.74, 6) is -2.90. The molecule has 0 radical (unpaired) electrons. The second kappa shape index (κ2) is 7.70. The fourth-order valence-corrected chi connectivity index (χ4v) is 2.89. The van der Waals surface area contributed by atoms with Gasteiger partial charge in [-0.3, -0.25) is 4.79 Å². The van der Waals surface area contributed by atoms with Crippen LogP contribution in [-0.2, 0) is 24.3 Å². The van der Waals surface area contributed by atoms with Crippen LogP contribution in [0.1, 0.15) is 27.1 Å². The zero-order valence-corrected chi connectivity index (χ0v) is 13.2. The highest BCUT2D eigenvalue weighted by Gasteiger charge is 2.25. The molecule has 0 aromatic heterocycles. The zero-order valence-electron chi connectivity index (χ0n) is 12.4. The smallest absolute Gasteiger partial charge is 0.339 e. The molecule has 10 heteroatoms. The van der Waals surface area contributed by atoms with Gasteiger partial charge in [0.1, 0.15) is 0 Å². The molecule has 0 fully saturated rings. The fraction of sp³-hybridized carbons (Fsp3) is 0.308. The van der Waals surface area contributed by atoms with Gasteiger partial charge in [-0.05, 0) is 18.2 Å². The Morgan fingerprint density at radius 1 is 1.13 bits per heavy atom. The van der Waals surface area contributed by atoms with Crippen LogP contribution in [0.4, 0.5) is 0 Å². The number of aliphatic carboxylic acids is 1. The van der Waals surface area contributed by atoms with E-state index < -0.39 is 39.2 Å². The van der Waals surface area contributed by atoms with Crippen LogP contribution in [0.3, 0.4) is 0 Å². The maximum absolute atomic E-state index is 12.3. The third kappa shape index (κ3) is 4.76. The van der Waals surface area contributed by atoms with Crippen LogP contribution >= 0.6 is 0 Å². The molecule has 0 atom stereocenters. The highest BCUT2D eigenvalue weighted by molar-refractivity contribution is 7.89. The van der Waals surface area contributed by atoms with Crippen molar-refractivity contribution < 1.29 is 37.4 Å². The van der Waals surface area contributed by atoms with E-state index in [0.29, 0.717) is 0 Å². The number of carbonyl (C=O) groups excluding carboxylic acids is 2. The van der Waals surface area contributed by atoms with Crippen molar-refractivity contribution in [3.05, 3.63) is 29.3 Å². The van der Waals surface area contributed by atoms with Gasteiger partial charge in [0, 0.05) is 6.54 Å². The van der Waals surface area contributed by atoms with Crippen molar-refractivity contribution in [2.75, 3.05) is 20.8 Å². The van der Waals surface area contributed by atoms with Gasteiger partial charge in [0.15, 0.2) is 0 Å². The summed E-state index contributed by atoms with van der Waals surface area (Å²) in [5.41, 5.74) is -0.373. The fourth-order valence-electron chi connectivity index (χ4n) is 1.64. The summed E-state index contributed by atoms with van der Waals surface area (Å²) in [4.78, 5) is 33.2. The van der Waals surface area contributed by atoms with E-state index in [9.17, 15) is 22.8 Å². The average molecular weight is 345 g/mol. The van der Waals surface area contributed by atoms with Crippen molar-refractivity contribution in [2.24, 2.45) is 0 Å². The maximum atomic E-state index is 12.3. The van der Waals surface area contributed by atoms with Gasteiger partial charge >= 0.3 is 17.9 Å². The van der Waals surface area contributed by atoms with Gasteiger partial charge in [-0.2, -0.15) is 0 Å². The third-order valence-corrected chi connectivity index (χ3v) is 4.23. The van der Waals surface area contributed by atoms with E-state index in [1.807, 2.05) is 4.72 Å². The average Bonchev–Trinajstić information content (AvgIpc) is 2.52. The van der Waals surface area contributed by atoms with Crippen LogP contribution in [0.25, 0.3) is 0 Å². The minimum absolute atomic E-state index is 0.0845. The minimum Gasteiger partial charge on any atom is -0.481 e. The number of hydrogen-bond donors (Lipinski definition) is 2. The number of carbonyl (C=O) groups is 3. The minimum atomic E-state index is -4.23. The highest BCUT2D eigenvalue weighted by atomic mass is 32.2. The van der Waals surface area contributed by atoms with E-state index in [1.165, 1.54) is 6.07 Å². The Morgan fingerprint density at radius 2 is 1.74 bits per heavy atom. The summed E-state index contributed by atoms with van der Waals surface area (Å²) in [6.45, 7) is -0.374. The lowest BCUT2D eigenvalue weighted by Crippen LogP contribution is -2.28. The SMILES string of the molecule is COC(=O)c1ccc(C(=O)OC)c(S(=O)(=O)NCCC(=O)O)c1. The first kappa shape index (κ1) is 18.6. The summed E-state index contributed by atoms with van der Waals surface area (Å²) in [7, 11) is -2.03. The summed E-state index contributed by atoms with van der Waals surface area (Å²) in [6.07, 6.45) is -0.441. The molecular formula is C13H15NO8S. The third-order valence-electron chi connectivity index (χ3n) is 2.73. The van der Waals surface area contributed by atoms with Gasteiger partial charge in [0.25, 0.3) is 0 Å². The van der Waals surface area contributed by atoms with Gasteiger partial charge in [-0.15, -0.1) is 0 Å². The molecule has 0 bridgehead atoms. The van der Waals surface area contributed by atoms with Gasteiger partial charge in [0.05, 0.1) is 36.7 Å². The van der Waals surface area contributed by atoms with E-state index in [0.717, 1.165) is 26.4 Å². The van der Waals surface area contributed by atoms with Crippen LogP contribution in [0, 0.1) is 0 Å². The zero-order chi connectivity index (χ0) is 17.6. The number of sulfonamides is 1. The van der Waals surface area contributed by atoms with E-state index in [1.54, 1.807) is 0 Å². The van der Waals surface area contributed by atoms with Gasteiger partial charge in [-0.1, -0.05) is 0 Å². The molecule has 126 valence electrons. The Bertz CT molecular complexity index is 725. The number of hydrogen-bond acceptors (Lipinski definition) is 7. The largest absolute Gasteiger partial charge is 0.481 e. The number of carboxylic acid groups (broad SMARTS) is 1. The molecule has 2 N–H and O–H groups in total. The van der Waals surface area contributed by atoms with Gasteiger partial charge in [0.2, 0.25) is 10.0 Å². The molecule has 0 aliphatic carbocycles. The molecule has 0 saturated heterocycles. The molecule has 0 saturated carbocycles. The summed E-state index contributed by atoms with van der Waals surface area (Å²) >= 11 is 0. The molecule has 1 aromatic rings. The van der Waals surface area contributed by atoms with Crippen molar-refractivity contribution in [3.63, 3.8) is 0 Å². The van der Waals surface area contributed by atoms with E-state index in [4.69, 9.17) is 5.11 Å². The predicted molar refractivity (Wildman–Crippen MR) is 76.6 cm³/mol. The lowest BCUT2D eigenvalue weighted by molar-refractivity contribution is -0.136. The van der Waals surface area contributed by atoms with E-state index in [2.05, 4.69) is 9.47 Å². The first-order chi connectivity index (χ1) is 10.7. The van der Waals surface area contributed by atoms with Crippen LogP contribution < -0.4 is 4.72 Å². The second-order valence-corrected chi connectivity index (χ2v) is 5.97. The Labute approximate surface area is 132 Å². The van der Waals surface area contributed by atoms with Crippen molar-refractivity contribution in [2.45, 2.75) is 11.3 Å². The molecule has 0 aliphatic heterocycles. The number of ether oxygens (including phenoxy) is 2. The molecule has 0 heterocycles. The Morgan fingerprint density at radius 3 is 2.26 bits per heavy atom. The first-order valence-corrected chi connectivity index (χ1v) is 7.73. The van der Waals surface area contributed by atoms with Crippen molar-refractivity contribution >= 4 is 27.9 Å². The quantitative estimate of drug-likeness (QED) is 0.660. The Kier molecular flexibility index (Phi) is 6.22. The first-order valence-electron chi connectivity index (χ1n) is 6.25. The molecule has 0 amide bonds. The van der Waals surface area contributed by atoms with Crippen molar-refractivity contribution in [1.29, 1.82) is 0 Å². The molecule has 9 nitrogen and oxygen atoms in total. The molecular weight excluding hydrogens is 330 g/mol. The van der Waals surface area contributed by atoms with E-state index >= 15 is 0 Å². The number of nitrogens with one attached hydrogen (secondary N) is 1. The second-order valence-electron chi connectivity index (χ2n) is 4.24. The van der Waals surface area contributed by atoms with Crippen LogP contribution in [-0.4, -0.2) is 52.2 Å². The monoisotopic (exact) mass is 345 g/mol. The Balaban J connectivity index is 3.30. The molecule has 0 unspecified atom stereocenters. The summed E-state index contributed by atoms with van der Waals surface area (Å²) in [5, 5.41) is 8.54. The molecule has 23 heavy (non-hydrogen) atoms. The molecule has 1 aromatic carbocycles. The Hall–Kier alpha value is -2.46. The number of carboxylic acids is 1. The number of benzene rings is 1. The predicted octanol–water partition coefficient (Wildman–Crippen LogP) is 0.0128. The number of esters is 2. The lowest BCUT2D eigenvalue weighted by atomic mass is 10.1.